The van der Waals surface area contributed by atoms with Crippen molar-refractivity contribution in [3.8, 4) is 0 Å². The molecule has 0 aromatic rings. The fourth-order valence-electron chi connectivity index (χ4n) is 0.0590. The van der Waals surface area contributed by atoms with Gasteiger partial charge in [-0.2, -0.15) is 0 Å². The van der Waals surface area contributed by atoms with Gasteiger partial charge in [0.25, 0.3) is 0 Å². The Morgan fingerprint density at radius 2 is 2.20 bits per heavy atom. The molecule has 9 heteroatoms. The minimum absolute atomic E-state index is 1.62. The average molecular weight is 352 g/mol. The van der Waals surface area contributed by atoms with Gasteiger partial charge in [-0.1, -0.05) is 0 Å². The molecule has 0 aliphatic carbocycles. The predicted molar refractivity (Wildman–Crippen MR) is 44.9 cm³/mol. The standard InChI is InChI=1S/CHBrClFINO4/c2-5(3,4,1(7)8)6(9)10/h(H,7,8). The molecule has 0 bridgehead atoms. The maximum atomic E-state index is 12.6. The molecule has 5 nitrogen and oxygen atoms in total. The van der Waals surface area contributed by atoms with Crippen molar-refractivity contribution in [2.24, 2.45) is 0 Å². The first-order valence-corrected chi connectivity index (χ1v) is 12.0. The van der Waals surface area contributed by atoms with Crippen molar-refractivity contribution in [2.45, 2.75) is 0 Å². The second-order valence-electron chi connectivity index (χ2n) is 1.12. The molecule has 10 heavy (non-hydrogen) atoms. The van der Waals surface area contributed by atoms with Gasteiger partial charge in [0.2, 0.25) is 0 Å². The molecule has 0 fully saturated rings. The van der Waals surface area contributed by atoms with Crippen LogP contribution in [-0.4, -0.2) is 12.2 Å². The molecular weight excluding hydrogens is 351 g/mol. The molecule has 0 aliphatic rings. The van der Waals surface area contributed by atoms with Crippen molar-refractivity contribution < 1.29 is 15.9 Å². The van der Waals surface area contributed by atoms with E-state index in [0.29, 0.717) is 0 Å². The zero-order chi connectivity index (χ0) is 8.60. The van der Waals surface area contributed by atoms with Crippen molar-refractivity contribution in [1.82, 2.24) is 0 Å². The molecule has 0 heterocycles. The van der Waals surface area contributed by atoms with E-state index in [2.05, 4.69) is 8.91 Å². The van der Waals surface area contributed by atoms with Gasteiger partial charge in [0, 0.05) is 0 Å². The predicted octanol–water partition coefficient (Wildman–Crippen LogP) is 2.78. The van der Waals surface area contributed by atoms with Gasteiger partial charge in [-0.3, -0.25) is 0 Å². The second kappa shape index (κ2) is 2.41. The van der Waals surface area contributed by atoms with Gasteiger partial charge < -0.3 is 0 Å². The summed E-state index contributed by atoms with van der Waals surface area (Å²) in [6.45, 7) is 0. The Hall–Kier alpha value is 0.300. The number of halogens is 4. The van der Waals surface area contributed by atoms with E-state index in [4.69, 9.17) is 5.11 Å². The van der Waals surface area contributed by atoms with Crippen LogP contribution in [0.3, 0.4) is 0 Å². The van der Waals surface area contributed by atoms with Gasteiger partial charge in [0.1, 0.15) is 0 Å². The Bertz CT molecular complexity index is 181. The number of nitrogens with zero attached hydrogens (tertiary/aromatic N) is 1. The number of carboxylic acid groups (broad SMARTS) is 1. The third kappa shape index (κ3) is 1.66. The molecule has 1 N–H and O–H groups in total. The van der Waals surface area contributed by atoms with E-state index in [1.807, 2.05) is 0 Å². The molecular formula is CHBrClFINO4. The van der Waals surface area contributed by atoms with Gasteiger partial charge in [0.05, 0.1) is 0 Å². The molecule has 0 atom stereocenters. The normalized spacial score (nSPS) is 15.3. The molecule has 0 unspecified atom stereocenters. The third-order valence-electron chi connectivity index (χ3n) is 0.481. The molecule has 0 rings (SSSR count). The first-order chi connectivity index (χ1) is 4.17. The first kappa shape index (κ1) is 10.3. The van der Waals surface area contributed by atoms with Gasteiger partial charge in [0.15, 0.2) is 0 Å². The van der Waals surface area contributed by atoms with Gasteiger partial charge in [-0.25, -0.2) is 0 Å². The van der Waals surface area contributed by atoms with Crippen LogP contribution in [0.25, 0.3) is 0 Å². The quantitative estimate of drug-likeness (QED) is 0.272. The maximum absolute atomic E-state index is 12.6. The summed E-state index contributed by atoms with van der Waals surface area (Å²) in [6.07, 6.45) is 0. The number of nitro groups is 1. The van der Waals surface area contributed by atoms with Crippen LogP contribution >= 0.6 is 36.1 Å². The number of hydrogen-bond acceptors (Lipinski definition) is 3. The van der Waals surface area contributed by atoms with Crippen molar-refractivity contribution in [2.75, 3.05) is 0 Å². The molecule has 0 aromatic heterocycles. The summed E-state index contributed by atoms with van der Waals surface area (Å²) in [4.78, 5) is 19.6. The van der Waals surface area contributed by atoms with Crippen LogP contribution in [-0.2, 0) is 0 Å². The fourth-order valence-corrected chi connectivity index (χ4v) is 0.396. The van der Waals surface area contributed by atoms with E-state index in [1.165, 1.54) is 0 Å². The van der Waals surface area contributed by atoms with E-state index >= 15 is 0 Å². The van der Waals surface area contributed by atoms with Crippen LogP contribution in [0, 0.1) is 10.1 Å². The number of hydrogen-bond donors (Lipinski definition) is 1. The average Bonchev–Trinajstić information content (AvgIpc) is 1.63. The molecule has 0 aromatic carbocycles. The van der Waals surface area contributed by atoms with Crippen molar-refractivity contribution in [3.05, 3.63) is 10.1 Å². The third-order valence-corrected chi connectivity index (χ3v) is 7.94. The molecule has 0 saturated heterocycles. The number of rotatable bonds is 2. The van der Waals surface area contributed by atoms with Crippen LogP contribution in [0.2, 0.25) is 0 Å². The van der Waals surface area contributed by atoms with Gasteiger partial charge in [-0.05, 0) is 0 Å². The Morgan fingerprint density at radius 1 is 1.90 bits per heavy atom. The van der Waals surface area contributed by atoms with Crippen molar-refractivity contribution in [3.63, 3.8) is 0 Å². The summed E-state index contributed by atoms with van der Waals surface area (Å²) in [7, 11) is 4.60. The Balaban J connectivity index is 4.97. The molecule has 0 spiro atoms. The first-order valence-electron chi connectivity index (χ1n) is 1.58. The Morgan fingerprint density at radius 3 is 2.20 bits per heavy atom. The monoisotopic (exact) mass is 351 g/mol. The van der Waals surface area contributed by atoms with Crippen LogP contribution in [0.1, 0.15) is 0 Å². The molecule has 62 valence electrons. The van der Waals surface area contributed by atoms with Crippen molar-refractivity contribution in [1.29, 1.82) is 0 Å². The van der Waals surface area contributed by atoms with E-state index in [9.17, 15) is 17.8 Å². The van der Waals surface area contributed by atoms with Crippen LogP contribution in [0.5, 0.6) is 0 Å². The molecule has 0 radical (unpaired) electrons. The van der Waals surface area contributed by atoms with Crippen LogP contribution in [0.15, 0.2) is 0 Å². The molecule has 0 aliphatic heterocycles. The summed E-state index contributed by atoms with van der Waals surface area (Å²) in [6, 6.07) is 0. The van der Waals surface area contributed by atoms with E-state index in [-0.39, 0.29) is 0 Å². The fraction of sp³-hybridized carbons (Fsp3) is 0. The topological polar surface area (TPSA) is 80.4 Å². The van der Waals surface area contributed by atoms with Gasteiger partial charge >= 0.3 is 66.1 Å². The second-order valence-corrected chi connectivity index (χ2v) is 19.7. The van der Waals surface area contributed by atoms with E-state index in [0.717, 1.165) is 0 Å². The van der Waals surface area contributed by atoms with Crippen molar-refractivity contribution >= 4 is 40.1 Å². The zero-order valence-corrected chi connectivity index (χ0v) is 8.63. The van der Waals surface area contributed by atoms with Crippen LogP contribution < -0.4 is 0 Å². The molecule has 0 amide bonds. The Kier molecular flexibility index (Phi) is 2.48. The summed E-state index contributed by atoms with van der Waals surface area (Å²) >= 11 is -4.69. The van der Waals surface area contributed by atoms with Gasteiger partial charge in [-0.15, -0.1) is 0 Å². The SMILES string of the molecule is O=C(O)I(F)(Cl)(Br)[N+](=O)[O-]. The summed E-state index contributed by atoms with van der Waals surface area (Å²) < 4.78 is 8.74. The minimum atomic E-state index is -6.49. The Labute approximate surface area is 65.9 Å². The number of carbonyl (C=O) groups is 1. The summed E-state index contributed by atoms with van der Waals surface area (Å²) in [5.41, 5.74) is 0. The van der Waals surface area contributed by atoms with Crippen LogP contribution in [0.4, 0.5) is 7.65 Å². The summed E-state index contributed by atoms with van der Waals surface area (Å²) in [5, 5.41) is 17.7. The van der Waals surface area contributed by atoms with E-state index < -0.39 is 21.7 Å². The van der Waals surface area contributed by atoms with E-state index in [1.54, 1.807) is 12.7 Å². The molecule has 0 saturated carbocycles. The zero-order valence-electron chi connectivity index (χ0n) is 4.13. The summed E-state index contributed by atoms with van der Waals surface area (Å²) in [5.74, 6) is 0.